The van der Waals surface area contributed by atoms with Gasteiger partial charge in [0.15, 0.2) is 0 Å². The summed E-state index contributed by atoms with van der Waals surface area (Å²) in [6, 6.07) is 7.78. The number of pyridine rings is 1. The van der Waals surface area contributed by atoms with Crippen LogP contribution in [0.3, 0.4) is 0 Å². The van der Waals surface area contributed by atoms with Gasteiger partial charge in [0.25, 0.3) is 5.91 Å². The number of fused-ring (bicyclic) bond motifs is 1. The molecule has 2 N–H and O–H groups in total. The van der Waals surface area contributed by atoms with Gasteiger partial charge in [-0.3, -0.25) is 9.78 Å². The van der Waals surface area contributed by atoms with Crippen molar-refractivity contribution in [2.75, 3.05) is 18.1 Å². The zero-order valence-corrected chi connectivity index (χ0v) is 15.7. The summed E-state index contributed by atoms with van der Waals surface area (Å²) in [5.74, 6) is 2.46. The van der Waals surface area contributed by atoms with Gasteiger partial charge in [-0.15, -0.1) is 0 Å². The lowest BCUT2D eigenvalue weighted by Crippen LogP contribution is -2.44. The molecular weight excluding hydrogens is 332 g/mol. The normalized spacial score (nSPS) is 16.8. The van der Waals surface area contributed by atoms with Gasteiger partial charge in [0, 0.05) is 11.1 Å². The van der Waals surface area contributed by atoms with Gasteiger partial charge in [0.2, 0.25) is 0 Å². The highest BCUT2D eigenvalue weighted by atomic mass is 32.2. The smallest absolute Gasteiger partial charge is 0.252 e. The van der Waals surface area contributed by atoms with Crippen LogP contribution in [0.25, 0.3) is 10.9 Å². The van der Waals surface area contributed by atoms with Crippen LogP contribution in [0.2, 0.25) is 0 Å². The van der Waals surface area contributed by atoms with E-state index in [0.29, 0.717) is 11.5 Å². The molecule has 0 saturated carbocycles. The fourth-order valence-corrected chi connectivity index (χ4v) is 4.63. The summed E-state index contributed by atoms with van der Waals surface area (Å²) in [5, 5.41) is 13.8. The van der Waals surface area contributed by atoms with Gasteiger partial charge in [-0.25, -0.2) is 0 Å². The van der Waals surface area contributed by atoms with Crippen molar-refractivity contribution < 1.29 is 9.90 Å². The number of hydrogen-bond donors (Lipinski definition) is 2. The number of nitrogens with zero attached hydrogens (tertiary/aromatic N) is 1. The van der Waals surface area contributed by atoms with Crippen molar-refractivity contribution in [2.24, 2.45) is 5.92 Å². The molecule has 0 aliphatic carbocycles. The molecule has 1 aromatic carbocycles. The van der Waals surface area contributed by atoms with Crippen LogP contribution in [0.5, 0.6) is 0 Å². The first-order chi connectivity index (χ1) is 12.1. The Morgan fingerprint density at radius 3 is 2.80 bits per heavy atom. The van der Waals surface area contributed by atoms with Crippen LogP contribution in [-0.2, 0) is 6.42 Å². The molecule has 4 nitrogen and oxygen atoms in total. The topological polar surface area (TPSA) is 62.2 Å². The molecule has 5 heteroatoms. The van der Waals surface area contributed by atoms with Crippen molar-refractivity contribution in [1.82, 2.24) is 10.3 Å². The Morgan fingerprint density at radius 1 is 1.36 bits per heavy atom. The number of nitrogens with one attached hydrogen (secondary N) is 1. The highest BCUT2D eigenvalue weighted by molar-refractivity contribution is 7.99. The van der Waals surface area contributed by atoms with Crippen LogP contribution < -0.4 is 5.32 Å². The van der Waals surface area contributed by atoms with Crippen LogP contribution in [0.1, 0.15) is 41.4 Å². The van der Waals surface area contributed by atoms with E-state index >= 15 is 0 Å². The number of amides is 1. The molecule has 1 amide bonds. The molecule has 0 bridgehead atoms. The number of aliphatic hydroxyl groups is 1. The highest BCUT2D eigenvalue weighted by Gasteiger charge is 2.25. The van der Waals surface area contributed by atoms with Crippen molar-refractivity contribution in [3.63, 3.8) is 0 Å². The number of carbonyl (C=O) groups excluding carboxylic acids is 1. The van der Waals surface area contributed by atoms with Crippen molar-refractivity contribution in [1.29, 1.82) is 0 Å². The predicted molar refractivity (Wildman–Crippen MR) is 104 cm³/mol. The quantitative estimate of drug-likeness (QED) is 0.860. The Labute approximate surface area is 153 Å². The molecule has 0 radical (unpaired) electrons. The lowest BCUT2D eigenvalue weighted by Gasteiger charge is -2.29. The summed E-state index contributed by atoms with van der Waals surface area (Å²) in [5.41, 5.74) is 3.52. The average molecular weight is 359 g/mol. The second-order valence-electron chi connectivity index (χ2n) is 6.73. The first-order valence-electron chi connectivity index (χ1n) is 9.02. The van der Waals surface area contributed by atoms with Crippen LogP contribution in [0.15, 0.2) is 24.3 Å². The molecule has 25 heavy (non-hydrogen) atoms. The Balaban J connectivity index is 1.89. The molecule has 1 aliphatic rings. The van der Waals surface area contributed by atoms with Gasteiger partial charge in [0.1, 0.15) is 0 Å². The van der Waals surface area contributed by atoms with E-state index in [1.54, 1.807) is 0 Å². The number of aliphatic hydroxyl groups excluding tert-OH is 1. The van der Waals surface area contributed by atoms with Crippen LogP contribution in [-0.4, -0.2) is 40.2 Å². The largest absolute Gasteiger partial charge is 0.394 e. The SMILES string of the molecule is CCc1ccc2nc(C)cc(C(=O)N[C@@H](CO)C3CCSCC3)c2c1. The summed E-state index contributed by atoms with van der Waals surface area (Å²) < 4.78 is 0. The molecule has 1 atom stereocenters. The molecule has 2 heterocycles. The maximum Gasteiger partial charge on any atom is 0.252 e. The number of aryl methyl sites for hydroxylation is 2. The monoisotopic (exact) mass is 358 g/mol. The summed E-state index contributed by atoms with van der Waals surface area (Å²) >= 11 is 1.95. The van der Waals surface area contributed by atoms with E-state index in [1.807, 2.05) is 30.8 Å². The number of thioether (sulfide) groups is 1. The molecule has 134 valence electrons. The number of aromatic nitrogens is 1. The zero-order valence-electron chi connectivity index (χ0n) is 14.9. The Hall–Kier alpha value is -1.59. The maximum absolute atomic E-state index is 13.0. The first-order valence-corrected chi connectivity index (χ1v) is 10.2. The lowest BCUT2D eigenvalue weighted by atomic mass is 9.93. The van der Waals surface area contributed by atoms with E-state index < -0.39 is 0 Å². The van der Waals surface area contributed by atoms with Crippen LogP contribution in [0, 0.1) is 12.8 Å². The molecule has 0 unspecified atom stereocenters. The van der Waals surface area contributed by atoms with Gasteiger partial charge in [-0.2, -0.15) is 11.8 Å². The predicted octanol–water partition coefficient (Wildman–Crippen LogP) is 3.34. The first kappa shape index (κ1) is 18.2. The third-order valence-electron chi connectivity index (χ3n) is 5.00. The van der Waals surface area contributed by atoms with Crippen LogP contribution >= 0.6 is 11.8 Å². The standard InChI is InChI=1S/C20H26N2O2S/c1-3-14-4-5-18-16(11-14)17(10-13(2)21-18)20(24)22-19(12-23)15-6-8-25-9-7-15/h4-5,10-11,15,19,23H,3,6-9,12H2,1-2H3,(H,22,24)/t19-/m0/s1. The van der Waals surface area contributed by atoms with E-state index in [4.69, 9.17) is 0 Å². The summed E-state index contributed by atoms with van der Waals surface area (Å²) in [7, 11) is 0. The van der Waals surface area contributed by atoms with Crippen LogP contribution in [0.4, 0.5) is 0 Å². The average Bonchev–Trinajstić information content (AvgIpc) is 2.65. The minimum Gasteiger partial charge on any atom is -0.394 e. The molecule has 0 spiro atoms. The summed E-state index contributed by atoms with van der Waals surface area (Å²) in [6.45, 7) is 4.00. The Bertz CT molecular complexity index is 757. The Morgan fingerprint density at radius 2 is 2.12 bits per heavy atom. The van der Waals surface area contributed by atoms with Crippen molar-refractivity contribution in [3.8, 4) is 0 Å². The summed E-state index contributed by atoms with van der Waals surface area (Å²) in [4.78, 5) is 17.5. The van der Waals surface area contributed by atoms with E-state index in [2.05, 4.69) is 29.4 Å². The number of benzene rings is 1. The Kier molecular flexibility index (Phi) is 5.97. The molecule has 1 aromatic heterocycles. The molecule has 1 aliphatic heterocycles. The zero-order chi connectivity index (χ0) is 17.8. The molecule has 3 rings (SSSR count). The third kappa shape index (κ3) is 4.15. The maximum atomic E-state index is 13.0. The third-order valence-corrected chi connectivity index (χ3v) is 6.05. The summed E-state index contributed by atoms with van der Waals surface area (Å²) in [6.07, 6.45) is 3.02. The van der Waals surface area contributed by atoms with E-state index in [-0.39, 0.29) is 18.6 Å². The number of rotatable bonds is 5. The van der Waals surface area contributed by atoms with Crippen molar-refractivity contribution in [2.45, 2.75) is 39.2 Å². The van der Waals surface area contributed by atoms with E-state index in [0.717, 1.165) is 47.4 Å². The van der Waals surface area contributed by atoms with Gasteiger partial charge in [0.05, 0.1) is 23.7 Å². The second kappa shape index (κ2) is 8.19. The highest BCUT2D eigenvalue weighted by Crippen LogP contribution is 2.26. The lowest BCUT2D eigenvalue weighted by molar-refractivity contribution is 0.0886. The fraction of sp³-hybridized carbons (Fsp3) is 0.500. The van der Waals surface area contributed by atoms with Gasteiger partial charge in [-0.05, 0) is 67.4 Å². The minimum atomic E-state index is -0.175. The van der Waals surface area contributed by atoms with Crippen molar-refractivity contribution >= 4 is 28.6 Å². The van der Waals surface area contributed by atoms with Gasteiger partial charge in [-0.1, -0.05) is 13.0 Å². The fourth-order valence-electron chi connectivity index (χ4n) is 3.49. The van der Waals surface area contributed by atoms with Gasteiger partial charge >= 0.3 is 0 Å². The molecule has 1 saturated heterocycles. The second-order valence-corrected chi connectivity index (χ2v) is 7.95. The molecule has 1 fully saturated rings. The molecule has 2 aromatic rings. The van der Waals surface area contributed by atoms with E-state index in [9.17, 15) is 9.90 Å². The molecular formula is C20H26N2O2S. The minimum absolute atomic E-state index is 0.0106. The number of carbonyl (C=O) groups is 1. The number of hydrogen-bond acceptors (Lipinski definition) is 4. The van der Waals surface area contributed by atoms with Gasteiger partial charge < -0.3 is 10.4 Å². The van der Waals surface area contributed by atoms with E-state index in [1.165, 1.54) is 5.56 Å². The van der Waals surface area contributed by atoms with Crippen molar-refractivity contribution in [3.05, 3.63) is 41.1 Å².